The number of hydrogen-bond donors (Lipinski definition) is 1. The molecule has 8 heteroatoms. The molecule has 0 unspecified atom stereocenters. The first-order valence-corrected chi connectivity index (χ1v) is 11.0. The molecule has 0 amide bonds. The van der Waals surface area contributed by atoms with Crippen LogP contribution in [0.2, 0.25) is 0 Å². The fourth-order valence-corrected chi connectivity index (χ4v) is 4.75. The normalized spacial score (nSPS) is 11.2. The first kappa shape index (κ1) is 19.1. The molecule has 0 atom stereocenters. The number of benzene rings is 1. The van der Waals surface area contributed by atoms with Gasteiger partial charge in [0, 0.05) is 22.6 Å². The van der Waals surface area contributed by atoms with Gasteiger partial charge in [0.2, 0.25) is 0 Å². The Morgan fingerprint density at radius 1 is 1.12 bits per heavy atom. The molecular formula is C18H20N4OS3. The molecule has 0 aliphatic rings. The van der Waals surface area contributed by atoms with Crippen molar-refractivity contribution >= 4 is 34.9 Å². The van der Waals surface area contributed by atoms with Crippen molar-refractivity contribution in [1.82, 2.24) is 19.9 Å². The summed E-state index contributed by atoms with van der Waals surface area (Å²) < 4.78 is 0. The zero-order valence-corrected chi connectivity index (χ0v) is 17.3. The quantitative estimate of drug-likeness (QED) is 0.579. The third kappa shape index (κ3) is 5.43. The van der Waals surface area contributed by atoms with Crippen LogP contribution in [-0.4, -0.2) is 19.9 Å². The highest BCUT2D eigenvalue weighted by Gasteiger charge is 2.07. The van der Waals surface area contributed by atoms with Gasteiger partial charge in [0.25, 0.3) is 0 Å². The predicted octanol–water partition coefficient (Wildman–Crippen LogP) is 4.64. The number of aryl methyl sites for hydroxylation is 1. The van der Waals surface area contributed by atoms with Gasteiger partial charge in [-0.25, -0.2) is 9.78 Å². The molecule has 0 aliphatic carbocycles. The minimum Gasteiger partial charge on any atom is -0.285 e. The van der Waals surface area contributed by atoms with Crippen molar-refractivity contribution in [3.05, 3.63) is 62.0 Å². The Kier molecular flexibility index (Phi) is 6.50. The van der Waals surface area contributed by atoms with Crippen LogP contribution in [0, 0.1) is 6.92 Å². The lowest BCUT2D eigenvalue weighted by atomic mass is 10.0. The lowest BCUT2D eigenvalue weighted by molar-refractivity contribution is 0.767. The van der Waals surface area contributed by atoms with E-state index in [1.807, 2.05) is 13.1 Å². The molecule has 1 aromatic carbocycles. The van der Waals surface area contributed by atoms with E-state index in [9.17, 15) is 4.79 Å². The molecule has 2 aromatic heterocycles. The van der Waals surface area contributed by atoms with Crippen LogP contribution in [0.3, 0.4) is 0 Å². The molecule has 0 bridgehead atoms. The lowest BCUT2D eigenvalue weighted by Gasteiger charge is -2.06. The highest BCUT2D eigenvalue weighted by Crippen LogP contribution is 2.25. The van der Waals surface area contributed by atoms with Crippen molar-refractivity contribution in [2.75, 3.05) is 0 Å². The molecule has 1 N–H and O–H groups in total. The average Bonchev–Trinajstić information content (AvgIpc) is 3.03. The number of aromatic amines is 1. The van der Waals surface area contributed by atoms with E-state index in [1.54, 1.807) is 11.3 Å². The monoisotopic (exact) mass is 404 g/mol. The highest BCUT2D eigenvalue weighted by molar-refractivity contribution is 7.99. The summed E-state index contributed by atoms with van der Waals surface area (Å²) >= 11 is 4.62. The summed E-state index contributed by atoms with van der Waals surface area (Å²) in [6.07, 6.45) is 1.86. The Balaban J connectivity index is 1.62. The lowest BCUT2D eigenvalue weighted by Crippen LogP contribution is -2.13. The van der Waals surface area contributed by atoms with E-state index in [0.29, 0.717) is 16.2 Å². The van der Waals surface area contributed by atoms with Gasteiger partial charge in [-0.1, -0.05) is 61.6 Å². The van der Waals surface area contributed by atoms with E-state index in [1.165, 1.54) is 34.7 Å². The largest absolute Gasteiger partial charge is 0.349 e. The number of nitrogens with one attached hydrogen (secondary N) is 1. The van der Waals surface area contributed by atoms with Crippen LogP contribution in [0.5, 0.6) is 0 Å². The summed E-state index contributed by atoms with van der Waals surface area (Å²) in [6.45, 7) is 6.34. The minimum absolute atomic E-state index is 0.361. The molecule has 5 nitrogen and oxygen atoms in total. The average molecular weight is 405 g/mol. The first-order valence-electron chi connectivity index (χ1n) is 8.23. The second-order valence-corrected chi connectivity index (χ2v) is 9.29. The Hall–Kier alpha value is -1.64. The van der Waals surface area contributed by atoms with Crippen molar-refractivity contribution in [1.29, 1.82) is 0 Å². The van der Waals surface area contributed by atoms with Gasteiger partial charge < -0.3 is 0 Å². The first-order chi connectivity index (χ1) is 12.5. The van der Waals surface area contributed by atoms with Crippen molar-refractivity contribution < 1.29 is 0 Å². The molecule has 0 aliphatic heterocycles. The Labute approximate surface area is 165 Å². The maximum absolute atomic E-state index is 11.8. The third-order valence-electron chi connectivity index (χ3n) is 3.64. The van der Waals surface area contributed by atoms with Crippen LogP contribution >= 0.6 is 34.9 Å². The second kappa shape index (κ2) is 8.83. The molecule has 0 fully saturated rings. The molecule has 0 saturated heterocycles. The predicted molar refractivity (Wildman–Crippen MR) is 109 cm³/mol. The Morgan fingerprint density at radius 2 is 1.88 bits per heavy atom. The standard InChI is InChI=1S/C18H20N4OS3/c1-11(2)14-6-4-13(5-7-14)9-24-17-20-16(23)21-18(22-17)25-10-15-8-19-12(3)26-15/h4-8,11H,9-10H2,1-3H3,(H,20,21,22,23). The van der Waals surface area contributed by atoms with Gasteiger partial charge in [0.15, 0.2) is 10.3 Å². The molecule has 0 saturated carbocycles. The molecule has 3 aromatic rings. The molecule has 0 spiro atoms. The maximum atomic E-state index is 11.8. The maximum Gasteiger partial charge on any atom is 0.349 e. The van der Waals surface area contributed by atoms with Gasteiger partial charge >= 0.3 is 5.69 Å². The van der Waals surface area contributed by atoms with Gasteiger partial charge in [-0.05, 0) is 24.0 Å². The minimum atomic E-state index is -0.361. The fraction of sp³-hybridized carbons (Fsp3) is 0.333. The van der Waals surface area contributed by atoms with Gasteiger partial charge in [-0.3, -0.25) is 4.98 Å². The number of aromatic nitrogens is 4. The number of hydrogen-bond acceptors (Lipinski definition) is 7. The van der Waals surface area contributed by atoms with E-state index < -0.39 is 0 Å². The number of thiazole rings is 1. The SMILES string of the molecule is Cc1ncc(CSc2nc(SCc3ccc(C(C)C)cc3)nc(=O)[nH]2)s1. The Morgan fingerprint density at radius 3 is 2.54 bits per heavy atom. The molecule has 136 valence electrons. The van der Waals surface area contributed by atoms with E-state index >= 15 is 0 Å². The van der Waals surface area contributed by atoms with Crippen LogP contribution in [0.25, 0.3) is 0 Å². The van der Waals surface area contributed by atoms with Gasteiger partial charge in [-0.15, -0.1) is 11.3 Å². The van der Waals surface area contributed by atoms with Crippen LogP contribution in [-0.2, 0) is 11.5 Å². The van der Waals surface area contributed by atoms with E-state index in [0.717, 1.165) is 21.4 Å². The summed E-state index contributed by atoms with van der Waals surface area (Å²) in [6, 6.07) is 8.55. The van der Waals surface area contributed by atoms with E-state index in [-0.39, 0.29) is 5.69 Å². The molecule has 2 heterocycles. The summed E-state index contributed by atoms with van der Waals surface area (Å²) in [7, 11) is 0. The number of rotatable bonds is 7. The second-order valence-electron chi connectivity index (χ2n) is 6.06. The summed E-state index contributed by atoms with van der Waals surface area (Å²) in [4.78, 5) is 28.3. The van der Waals surface area contributed by atoms with E-state index in [4.69, 9.17) is 0 Å². The van der Waals surface area contributed by atoms with Crippen LogP contribution in [0.4, 0.5) is 0 Å². The Bertz CT molecular complexity index is 919. The number of nitrogens with zero attached hydrogens (tertiary/aromatic N) is 3. The molecule has 0 radical (unpaired) electrons. The van der Waals surface area contributed by atoms with Crippen molar-refractivity contribution in [2.45, 2.75) is 48.5 Å². The summed E-state index contributed by atoms with van der Waals surface area (Å²) in [5, 5.41) is 2.13. The van der Waals surface area contributed by atoms with Gasteiger partial charge in [-0.2, -0.15) is 9.97 Å². The summed E-state index contributed by atoms with van der Waals surface area (Å²) in [5.41, 5.74) is 2.15. The number of thioether (sulfide) groups is 2. The zero-order chi connectivity index (χ0) is 18.5. The van der Waals surface area contributed by atoms with E-state index in [2.05, 4.69) is 58.0 Å². The summed E-state index contributed by atoms with van der Waals surface area (Å²) in [5.74, 6) is 1.99. The van der Waals surface area contributed by atoms with Crippen LogP contribution in [0.1, 0.15) is 40.8 Å². The van der Waals surface area contributed by atoms with Crippen molar-refractivity contribution in [3.63, 3.8) is 0 Å². The highest BCUT2D eigenvalue weighted by atomic mass is 32.2. The van der Waals surface area contributed by atoms with Crippen molar-refractivity contribution in [3.8, 4) is 0 Å². The topological polar surface area (TPSA) is 71.5 Å². The number of H-pyrrole nitrogens is 1. The molecule has 26 heavy (non-hydrogen) atoms. The van der Waals surface area contributed by atoms with Crippen LogP contribution < -0.4 is 5.69 Å². The fourth-order valence-electron chi connectivity index (χ4n) is 2.24. The van der Waals surface area contributed by atoms with Gasteiger partial charge in [0.1, 0.15) is 0 Å². The smallest absolute Gasteiger partial charge is 0.285 e. The third-order valence-corrected chi connectivity index (χ3v) is 6.58. The van der Waals surface area contributed by atoms with Crippen LogP contribution in [0.15, 0.2) is 45.6 Å². The molecule has 3 rings (SSSR count). The molecular weight excluding hydrogens is 384 g/mol. The van der Waals surface area contributed by atoms with Gasteiger partial charge in [0.05, 0.1) is 5.01 Å². The van der Waals surface area contributed by atoms with Crippen molar-refractivity contribution in [2.24, 2.45) is 0 Å². The zero-order valence-electron chi connectivity index (χ0n) is 14.9.